The highest BCUT2D eigenvalue weighted by Gasteiger charge is 2.20. The molecule has 0 aliphatic heterocycles. The number of benzene rings is 3. The van der Waals surface area contributed by atoms with Gasteiger partial charge in [0.15, 0.2) is 0 Å². The Morgan fingerprint density at radius 3 is 2.42 bits per heavy atom. The van der Waals surface area contributed by atoms with Gasteiger partial charge in [-0.15, -0.1) is 0 Å². The Labute approximate surface area is 142 Å². The first-order valence-electron chi connectivity index (χ1n) is 8.38. The Kier molecular flexibility index (Phi) is 4.06. The minimum Gasteiger partial charge on any atom is -0.489 e. The first-order valence-corrected chi connectivity index (χ1v) is 8.38. The molecule has 0 spiro atoms. The van der Waals surface area contributed by atoms with Crippen LogP contribution in [0.25, 0.3) is 11.1 Å². The number of aryl methyl sites for hydroxylation is 1. The summed E-state index contributed by atoms with van der Waals surface area (Å²) in [5.74, 6) is 0.874. The number of ether oxygens (including phenoxy) is 1. The molecular weight excluding hydrogens is 296 g/mol. The van der Waals surface area contributed by atoms with Gasteiger partial charge in [-0.3, -0.25) is 0 Å². The Morgan fingerprint density at radius 2 is 1.62 bits per heavy atom. The Hall–Kier alpha value is -2.58. The van der Waals surface area contributed by atoms with Gasteiger partial charge in [-0.25, -0.2) is 0 Å². The van der Waals surface area contributed by atoms with E-state index in [0.717, 1.165) is 24.2 Å². The lowest BCUT2D eigenvalue weighted by molar-refractivity contribution is 0.180. The van der Waals surface area contributed by atoms with Gasteiger partial charge in [0, 0.05) is 0 Å². The molecule has 3 aromatic rings. The van der Waals surface area contributed by atoms with Gasteiger partial charge >= 0.3 is 0 Å². The lowest BCUT2D eigenvalue weighted by Crippen LogP contribution is -1.94. The summed E-state index contributed by atoms with van der Waals surface area (Å²) >= 11 is 0. The van der Waals surface area contributed by atoms with Gasteiger partial charge in [-0.05, 0) is 52.8 Å². The summed E-state index contributed by atoms with van der Waals surface area (Å²) in [4.78, 5) is 0. The van der Waals surface area contributed by atoms with Gasteiger partial charge in [0.2, 0.25) is 0 Å². The molecule has 3 aromatic carbocycles. The Balaban J connectivity index is 1.48. The zero-order valence-corrected chi connectivity index (χ0v) is 13.5. The second-order valence-electron chi connectivity index (χ2n) is 6.27. The average Bonchev–Trinajstić information content (AvgIpc) is 3.02. The third-order valence-corrected chi connectivity index (χ3v) is 4.63. The van der Waals surface area contributed by atoms with Crippen molar-refractivity contribution in [1.29, 1.82) is 0 Å². The molecule has 2 nitrogen and oxygen atoms in total. The molecule has 0 radical (unpaired) electrons. The Bertz CT molecular complexity index is 822. The minimum absolute atomic E-state index is 0.289. The quantitative estimate of drug-likeness (QED) is 0.741. The highest BCUT2D eigenvalue weighted by molar-refractivity contribution is 5.66. The topological polar surface area (TPSA) is 29.5 Å². The molecule has 120 valence electrons. The Morgan fingerprint density at radius 1 is 0.875 bits per heavy atom. The smallest absolute Gasteiger partial charge is 0.119 e. The molecule has 4 rings (SSSR count). The van der Waals surface area contributed by atoms with Gasteiger partial charge in [-0.1, -0.05) is 60.7 Å². The molecule has 1 N–H and O–H groups in total. The number of fused-ring (bicyclic) bond motifs is 1. The summed E-state index contributed by atoms with van der Waals surface area (Å²) in [6, 6.07) is 24.7. The van der Waals surface area contributed by atoms with Gasteiger partial charge in [0.25, 0.3) is 0 Å². The molecule has 0 aromatic heterocycles. The molecular formula is C22H20O2. The molecule has 1 atom stereocenters. The van der Waals surface area contributed by atoms with Crippen molar-refractivity contribution in [3.05, 3.63) is 89.5 Å². The van der Waals surface area contributed by atoms with Crippen molar-refractivity contribution < 1.29 is 9.84 Å². The van der Waals surface area contributed by atoms with Crippen LogP contribution in [0.15, 0.2) is 72.8 Å². The second kappa shape index (κ2) is 6.50. The molecule has 24 heavy (non-hydrogen) atoms. The molecule has 0 saturated heterocycles. The minimum atomic E-state index is -0.289. The van der Waals surface area contributed by atoms with E-state index in [2.05, 4.69) is 42.5 Å². The van der Waals surface area contributed by atoms with Crippen molar-refractivity contribution in [1.82, 2.24) is 0 Å². The predicted molar refractivity (Wildman–Crippen MR) is 95.9 cm³/mol. The molecule has 0 saturated carbocycles. The van der Waals surface area contributed by atoms with Gasteiger partial charge in [-0.2, -0.15) is 0 Å². The maximum absolute atomic E-state index is 9.92. The van der Waals surface area contributed by atoms with Crippen molar-refractivity contribution in [2.24, 2.45) is 0 Å². The van der Waals surface area contributed by atoms with Crippen molar-refractivity contribution >= 4 is 0 Å². The van der Waals surface area contributed by atoms with E-state index in [0.29, 0.717) is 6.61 Å². The van der Waals surface area contributed by atoms with Crippen LogP contribution in [0.4, 0.5) is 0 Å². The van der Waals surface area contributed by atoms with E-state index in [4.69, 9.17) is 4.74 Å². The van der Waals surface area contributed by atoms with Crippen LogP contribution >= 0.6 is 0 Å². The van der Waals surface area contributed by atoms with E-state index in [9.17, 15) is 5.11 Å². The second-order valence-corrected chi connectivity index (χ2v) is 6.27. The van der Waals surface area contributed by atoms with Crippen molar-refractivity contribution in [3.8, 4) is 16.9 Å². The van der Waals surface area contributed by atoms with Crippen LogP contribution in [-0.2, 0) is 13.0 Å². The molecule has 0 fully saturated rings. The highest BCUT2D eigenvalue weighted by atomic mass is 16.5. The van der Waals surface area contributed by atoms with Crippen LogP contribution in [0.1, 0.15) is 29.2 Å². The number of rotatable bonds is 4. The van der Waals surface area contributed by atoms with Crippen LogP contribution in [0, 0.1) is 0 Å². The van der Waals surface area contributed by atoms with E-state index in [-0.39, 0.29) is 6.10 Å². The summed E-state index contributed by atoms with van der Waals surface area (Å²) in [6.45, 7) is 0.580. The zero-order valence-electron chi connectivity index (χ0n) is 13.5. The molecule has 2 heteroatoms. The molecule has 1 aliphatic carbocycles. The SMILES string of the molecule is OC1CCc2cc(-c3ccc(OCc4ccccc4)cc3)ccc21. The molecule has 1 aliphatic rings. The fraction of sp³-hybridized carbons (Fsp3) is 0.182. The maximum Gasteiger partial charge on any atom is 0.119 e. The molecule has 0 amide bonds. The van der Waals surface area contributed by atoms with Gasteiger partial charge in [0.1, 0.15) is 12.4 Å². The average molecular weight is 316 g/mol. The summed E-state index contributed by atoms with van der Waals surface area (Å²) < 4.78 is 5.84. The summed E-state index contributed by atoms with van der Waals surface area (Å²) in [5, 5.41) is 9.92. The summed E-state index contributed by atoms with van der Waals surface area (Å²) in [6.07, 6.45) is 1.51. The van der Waals surface area contributed by atoms with Gasteiger partial charge < -0.3 is 9.84 Å². The largest absolute Gasteiger partial charge is 0.489 e. The van der Waals surface area contributed by atoms with E-state index in [1.54, 1.807) is 0 Å². The van der Waals surface area contributed by atoms with E-state index in [1.165, 1.54) is 22.3 Å². The molecule has 0 bridgehead atoms. The zero-order chi connectivity index (χ0) is 16.4. The third kappa shape index (κ3) is 3.06. The van der Waals surface area contributed by atoms with E-state index < -0.39 is 0 Å². The number of aliphatic hydroxyl groups is 1. The van der Waals surface area contributed by atoms with Crippen LogP contribution in [0.2, 0.25) is 0 Å². The molecule has 0 heterocycles. The first kappa shape index (κ1) is 15.0. The standard InChI is InChI=1S/C22H20O2/c23-22-13-9-19-14-18(8-12-21(19)22)17-6-10-20(11-7-17)24-15-16-4-2-1-3-5-16/h1-8,10-12,14,22-23H,9,13,15H2. The predicted octanol–water partition coefficient (Wildman–Crippen LogP) is 4.91. The fourth-order valence-electron chi connectivity index (χ4n) is 3.26. The number of aliphatic hydroxyl groups excluding tert-OH is 1. The maximum atomic E-state index is 9.92. The normalized spacial score (nSPS) is 16.0. The fourth-order valence-corrected chi connectivity index (χ4v) is 3.26. The first-order chi connectivity index (χ1) is 11.8. The van der Waals surface area contributed by atoms with Gasteiger partial charge in [0.05, 0.1) is 6.10 Å². The van der Waals surface area contributed by atoms with E-state index >= 15 is 0 Å². The lowest BCUT2D eigenvalue weighted by atomic mass is 10.0. The van der Waals surface area contributed by atoms with Crippen LogP contribution in [-0.4, -0.2) is 5.11 Å². The molecule has 1 unspecified atom stereocenters. The van der Waals surface area contributed by atoms with Crippen LogP contribution in [0.3, 0.4) is 0 Å². The summed E-state index contributed by atoms with van der Waals surface area (Å²) in [5.41, 5.74) is 5.88. The van der Waals surface area contributed by atoms with Crippen LogP contribution in [0.5, 0.6) is 5.75 Å². The van der Waals surface area contributed by atoms with Crippen molar-refractivity contribution in [2.75, 3.05) is 0 Å². The van der Waals surface area contributed by atoms with Crippen molar-refractivity contribution in [2.45, 2.75) is 25.6 Å². The highest BCUT2D eigenvalue weighted by Crippen LogP contribution is 2.34. The number of hydrogen-bond acceptors (Lipinski definition) is 2. The monoisotopic (exact) mass is 316 g/mol. The van der Waals surface area contributed by atoms with Crippen LogP contribution < -0.4 is 4.74 Å². The van der Waals surface area contributed by atoms with E-state index in [1.807, 2.05) is 30.3 Å². The summed E-state index contributed by atoms with van der Waals surface area (Å²) in [7, 11) is 0. The third-order valence-electron chi connectivity index (χ3n) is 4.63. The van der Waals surface area contributed by atoms with Crippen molar-refractivity contribution in [3.63, 3.8) is 0 Å². The number of hydrogen-bond donors (Lipinski definition) is 1. The lowest BCUT2D eigenvalue weighted by Gasteiger charge is -2.09.